The highest BCUT2D eigenvalue weighted by atomic mass is 15.3. The molecule has 0 spiro atoms. The molecule has 2 heterocycles. The molecule has 0 radical (unpaired) electrons. The summed E-state index contributed by atoms with van der Waals surface area (Å²) in [5.74, 6) is 0. The molecular formula is C11H17N5. The van der Waals surface area contributed by atoms with Crippen LogP contribution in [0.4, 0.5) is 0 Å². The third kappa shape index (κ3) is 1.99. The summed E-state index contributed by atoms with van der Waals surface area (Å²) in [7, 11) is 1.89. The molecule has 2 aromatic rings. The van der Waals surface area contributed by atoms with Gasteiger partial charge in [-0.1, -0.05) is 6.92 Å². The second-order valence-electron chi connectivity index (χ2n) is 3.90. The fraction of sp³-hybridized carbons (Fsp3) is 0.455. The van der Waals surface area contributed by atoms with Gasteiger partial charge in [0, 0.05) is 31.5 Å². The van der Waals surface area contributed by atoms with Crippen LogP contribution >= 0.6 is 0 Å². The first kappa shape index (κ1) is 10.9. The molecule has 1 atom stereocenters. The molecule has 0 saturated carbocycles. The van der Waals surface area contributed by atoms with Crippen LogP contribution in [0.15, 0.2) is 24.7 Å². The minimum absolute atomic E-state index is 0.150. The normalized spacial score (nSPS) is 12.9. The molecule has 0 aliphatic heterocycles. The SMILES string of the molecule is CCCn1nccc1C(N)c1cnn(C)c1. The van der Waals surface area contributed by atoms with Crippen LogP contribution in [0.25, 0.3) is 0 Å². The van der Waals surface area contributed by atoms with Crippen LogP contribution in [0, 0.1) is 0 Å². The summed E-state index contributed by atoms with van der Waals surface area (Å²) in [6.07, 6.45) is 6.58. The summed E-state index contributed by atoms with van der Waals surface area (Å²) in [6.45, 7) is 3.03. The Morgan fingerprint density at radius 1 is 1.44 bits per heavy atom. The van der Waals surface area contributed by atoms with Gasteiger partial charge in [-0.3, -0.25) is 9.36 Å². The van der Waals surface area contributed by atoms with Crippen LogP contribution < -0.4 is 5.73 Å². The van der Waals surface area contributed by atoms with E-state index in [2.05, 4.69) is 17.1 Å². The third-order valence-electron chi connectivity index (χ3n) is 2.59. The lowest BCUT2D eigenvalue weighted by molar-refractivity contribution is 0.559. The van der Waals surface area contributed by atoms with Crippen molar-refractivity contribution < 1.29 is 0 Å². The zero-order valence-electron chi connectivity index (χ0n) is 9.67. The van der Waals surface area contributed by atoms with E-state index in [1.807, 2.05) is 24.0 Å². The van der Waals surface area contributed by atoms with Gasteiger partial charge in [-0.05, 0) is 12.5 Å². The summed E-state index contributed by atoms with van der Waals surface area (Å²) in [5.41, 5.74) is 8.24. The maximum atomic E-state index is 6.19. The van der Waals surface area contributed by atoms with Gasteiger partial charge >= 0.3 is 0 Å². The minimum Gasteiger partial charge on any atom is -0.319 e. The Labute approximate surface area is 94.9 Å². The van der Waals surface area contributed by atoms with E-state index in [0.29, 0.717) is 0 Å². The first-order valence-corrected chi connectivity index (χ1v) is 5.48. The van der Waals surface area contributed by atoms with E-state index >= 15 is 0 Å². The van der Waals surface area contributed by atoms with Crippen molar-refractivity contribution in [1.82, 2.24) is 19.6 Å². The highest BCUT2D eigenvalue weighted by Gasteiger charge is 2.14. The second-order valence-corrected chi connectivity index (χ2v) is 3.90. The van der Waals surface area contributed by atoms with Crippen LogP contribution in [-0.4, -0.2) is 19.6 Å². The first-order valence-electron chi connectivity index (χ1n) is 5.48. The lowest BCUT2D eigenvalue weighted by Gasteiger charge is -2.12. The fourth-order valence-electron chi connectivity index (χ4n) is 1.78. The zero-order chi connectivity index (χ0) is 11.5. The molecule has 0 amide bonds. The van der Waals surface area contributed by atoms with Gasteiger partial charge in [-0.15, -0.1) is 0 Å². The van der Waals surface area contributed by atoms with Crippen molar-refractivity contribution in [2.24, 2.45) is 12.8 Å². The van der Waals surface area contributed by atoms with Crippen molar-refractivity contribution in [3.63, 3.8) is 0 Å². The van der Waals surface area contributed by atoms with Crippen molar-refractivity contribution in [3.8, 4) is 0 Å². The number of nitrogens with two attached hydrogens (primary N) is 1. The zero-order valence-corrected chi connectivity index (χ0v) is 9.67. The van der Waals surface area contributed by atoms with E-state index in [0.717, 1.165) is 24.2 Å². The number of aryl methyl sites for hydroxylation is 2. The van der Waals surface area contributed by atoms with Gasteiger partial charge in [0.15, 0.2) is 0 Å². The van der Waals surface area contributed by atoms with Gasteiger partial charge < -0.3 is 5.73 Å². The highest BCUT2D eigenvalue weighted by molar-refractivity contribution is 5.22. The number of hydrogen-bond donors (Lipinski definition) is 1. The van der Waals surface area contributed by atoms with Crippen LogP contribution in [0.3, 0.4) is 0 Å². The van der Waals surface area contributed by atoms with E-state index in [-0.39, 0.29) is 6.04 Å². The van der Waals surface area contributed by atoms with Crippen molar-refractivity contribution in [2.45, 2.75) is 25.9 Å². The van der Waals surface area contributed by atoms with E-state index < -0.39 is 0 Å². The van der Waals surface area contributed by atoms with Gasteiger partial charge in [0.25, 0.3) is 0 Å². The third-order valence-corrected chi connectivity index (χ3v) is 2.59. The number of rotatable bonds is 4. The average molecular weight is 219 g/mol. The first-order chi connectivity index (χ1) is 7.72. The van der Waals surface area contributed by atoms with Crippen LogP contribution in [0.5, 0.6) is 0 Å². The second kappa shape index (κ2) is 4.49. The molecule has 2 aromatic heterocycles. The molecule has 0 aliphatic rings. The lowest BCUT2D eigenvalue weighted by Crippen LogP contribution is -2.17. The molecule has 5 nitrogen and oxygen atoms in total. The summed E-state index contributed by atoms with van der Waals surface area (Å²) < 4.78 is 3.72. The molecule has 0 saturated heterocycles. The molecular weight excluding hydrogens is 202 g/mol. The molecule has 0 fully saturated rings. The van der Waals surface area contributed by atoms with Crippen molar-refractivity contribution in [3.05, 3.63) is 35.9 Å². The number of aromatic nitrogens is 4. The Balaban J connectivity index is 2.26. The number of hydrogen-bond acceptors (Lipinski definition) is 3. The van der Waals surface area contributed by atoms with E-state index in [4.69, 9.17) is 5.73 Å². The van der Waals surface area contributed by atoms with Crippen molar-refractivity contribution in [2.75, 3.05) is 0 Å². The Bertz CT molecular complexity index is 456. The van der Waals surface area contributed by atoms with Gasteiger partial charge in [0.05, 0.1) is 17.9 Å². The minimum atomic E-state index is -0.150. The molecule has 16 heavy (non-hydrogen) atoms. The predicted octanol–water partition coefficient (Wildman–Crippen LogP) is 1.07. The lowest BCUT2D eigenvalue weighted by atomic mass is 10.1. The topological polar surface area (TPSA) is 61.7 Å². The largest absolute Gasteiger partial charge is 0.319 e. The molecule has 5 heteroatoms. The molecule has 86 valence electrons. The van der Waals surface area contributed by atoms with Crippen LogP contribution in [0.2, 0.25) is 0 Å². The van der Waals surface area contributed by atoms with E-state index in [1.54, 1.807) is 17.1 Å². The van der Waals surface area contributed by atoms with Crippen LogP contribution in [-0.2, 0) is 13.6 Å². The monoisotopic (exact) mass is 219 g/mol. The summed E-state index contributed by atoms with van der Waals surface area (Å²) in [4.78, 5) is 0. The molecule has 0 aliphatic carbocycles. The van der Waals surface area contributed by atoms with Gasteiger partial charge in [0.2, 0.25) is 0 Å². The summed E-state index contributed by atoms with van der Waals surface area (Å²) >= 11 is 0. The Hall–Kier alpha value is -1.62. The number of nitrogens with zero attached hydrogens (tertiary/aromatic N) is 4. The molecule has 1 unspecified atom stereocenters. The van der Waals surface area contributed by atoms with E-state index in [1.165, 1.54) is 0 Å². The van der Waals surface area contributed by atoms with Crippen molar-refractivity contribution in [1.29, 1.82) is 0 Å². The smallest absolute Gasteiger partial charge is 0.0754 e. The maximum absolute atomic E-state index is 6.19. The molecule has 2 rings (SSSR count). The van der Waals surface area contributed by atoms with Gasteiger partial charge in [0.1, 0.15) is 0 Å². The quantitative estimate of drug-likeness (QED) is 0.836. The van der Waals surface area contributed by atoms with E-state index in [9.17, 15) is 0 Å². The molecule has 2 N–H and O–H groups in total. The summed E-state index contributed by atoms with van der Waals surface area (Å²) in [6, 6.07) is 1.82. The molecule has 0 bridgehead atoms. The van der Waals surface area contributed by atoms with Gasteiger partial charge in [-0.25, -0.2) is 0 Å². The Morgan fingerprint density at radius 3 is 2.88 bits per heavy atom. The maximum Gasteiger partial charge on any atom is 0.0754 e. The fourth-order valence-corrected chi connectivity index (χ4v) is 1.78. The Morgan fingerprint density at radius 2 is 2.25 bits per heavy atom. The van der Waals surface area contributed by atoms with Crippen molar-refractivity contribution >= 4 is 0 Å². The predicted molar refractivity (Wildman–Crippen MR) is 61.8 cm³/mol. The summed E-state index contributed by atoms with van der Waals surface area (Å²) in [5, 5.41) is 8.40. The molecule has 0 aromatic carbocycles. The van der Waals surface area contributed by atoms with Crippen LogP contribution in [0.1, 0.15) is 30.6 Å². The highest BCUT2D eigenvalue weighted by Crippen LogP contribution is 2.18. The average Bonchev–Trinajstić information content (AvgIpc) is 2.87. The Kier molecular flexibility index (Phi) is 3.05. The van der Waals surface area contributed by atoms with Gasteiger partial charge in [-0.2, -0.15) is 10.2 Å². The standard InChI is InChI=1S/C11H17N5/c1-3-6-16-10(4-5-13-16)11(12)9-7-14-15(2)8-9/h4-5,7-8,11H,3,6,12H2,1-2H3.